The van der Waals surface area contributed by atoms with Gasteiger partial charge in [-0.15, -0.1) is 22.8 Å². The molecule has 6 nitrogen and oxygen atoms in total. The van der Waals surface area contributed by atoms with Crippen LogP contribution < -0.4 is 9.97 Å². The third-order valence-electron chi connectivity index (χ3n) is 9.96. The van der Waals surface area contributed by atoms with E-state index in [1.54, 1.807) is 0 Å². The molecule has 4 aromatic carbocycles. The topological polar surface area (TPSA) is 63.8 Å². The van der Waals surface area contributed by atoms with Crippen molar-refractivity contribution in [1.82, 2.24) is 29.1 Å². The molecule has 7 heteroatoms. The number of para-hydroxylation sites is 2. The molecule has 4 aromatic heterocycles. The second kappa shape index (κ2) is 11.0. The summed E-state index contributed by atoms with van der Waals surface area (Å²) >= 11 is 0. The van der Waals surface area contributed by atoms with Crippen molar-refractivity contribution in [2.24, 2.45) is 0 Å². The summed E-state index contributed by atoms with van der Waals surface area (Å²) in [5, 5.41) is 4.64. The van der Waals surface area contributed by atoms with E-state index in [1.165, 1.54) is 10.8 Å². The van der Waals surface area contributed by atoms with E-state index >= 15 is 0 Å². The van der Waals surface area contributed by atoms with Crippen molar-refractivity contribution in [2.75, 3.05) is 0 Å². The van der Waals surface area contributed by atoms with Gasteiger partial charge in [-0.3, -0.25) is 9.13 Å². The first-order valence-electron chi connectivity index (χ1n) is 16.2. The van der Waals surface area contributed by atoms with Crippen LogP contribution in [-0.2, 0) is 34.3 Å². The van der Waals surface area contributed by atoms with Gasteiger partial charge in [-0.05, 0) is 52.2 Å². The Morgan fingerprint density at radius 3 is 1.25 bits per heavy atom. The van der Waals surface area contributed by atoms with Crippen molar-refractivity contribution >= 4 is 21.5 Å². The van der Waals surface area contributed by atoms with Gasteiger partial charge in [0.15, 0.2) is 11.6 Å². The van der Waals surface area contributed by atoms with Crippen molar-refractivity contribution in [3.8, 4) is 23.0 Å². The maximum absolute atomic E-state index is 5.46. The van der Waals surface area contributed by atoms with E-state index < -0.39 is 10.8 Å². The fourth-order valence-electron chi connectivity index (χ4n) is 7.27. The first kappa shape index (κ1) is 30.2. The van der Waals surface area contributed by atoms with Gasteiger partial charge in [0.25, 0.3) is 0 Å². The van der Waals surface area contributed by atoms with Gasteiger partial charge in [-0.25, -0.2) is 9.97 Å². The molecule has 1 radical (unpaired) electrons. The summed E-state index contributed by atoms with van der Waals surface area (Å²) < 4.78 is 4.36. The molecule has 0 fully saturated rings. The van der Waals surface area contributed by atoms with Gasteiger partial charge < -0.3 is 9.97 Å². The molecule has 0 spiro atoms. The fraction of sp³-hybridized carbons (Fsp3) is 0.171. The zero-order chi connectivity index (χ0) is 31.9. The molecule has 0 amide bonds. The van der Waals surface area contributed by atoms with E-state index in [1.807, 2.05) is 12.1 Å². The second-order valence-corrected chi connectivity index (χ2v) is 13.6. The van der Waals surface area contributed by atoms with Crippen LogP contribution in [0.4, 0.5) is 0 Å². The Morgan fingerprint density at radius 1 is 0.500 bits per heavy atom. The van der Waals surface area contributed by atoms with Crippen molar-refractivity contribution in [3.63, 3.8) is 0 Å². The number of imidazole rings is 2. The predicted molar refractivity (Wildman–Crippen MR) is 188 cm³/mol. The van der Waals surface area contributed by atoms with Crippen LogP contribution in [-0.4, -0.2) is 19.1 Å². The van der Waals surface area contributed by atoms with E-state index in [4.69, 9.17) is 19.9 Å². The third kappa shape index (κ3) is 4.45. The number of hydrogen-bond donors (Lipinski definition) is 0. The number of aromatic nitrogens is 6. The Bertz CT molecular complexity index is 2270. The van der Waals surface area contributed by atoms with Gasteiger partial charge in [0.05, 0.1) is 11.4 Å². The number of hydrogen-bond acceptors (Lipinski definition) is 2. The molecule has 8 bridgehead atoms. The standard InChI is InChI=1S/C41H34N6.Cu/c1-40(2)34-24-46(26-15-7-5-8-16-26)38(44-34)39-45-35(25-47(39)27-17-9-6-10-18-27)41(3,4)37-31-22-14-12-20-29(31)33(43-37)23-32-28-19-11-13-21-30(28)36(40)42-32;/h5-22,24-25H,23H2,1-4H3;/q-2;+2. The summed E-state index contributed by atoms with van der Waals surface area (Å²) in [6.07, 6.45) is 4.99. The van der Waals surface area contributed by atoms with Crippen molar-refractivity contribution < 1.29 is 17.1 Å². The van der Waals surface area contributed by atoms with Gasteiger partial charge in [0.1, 0.15) is 0 Å². The number of fused-ring (bicyclic) bond motifs is 15. The Balaban J connectivity index is 0.00000336. The maximum atomic E-state index is 5.46. The minimum Gasteiger partial charge on any atom is -0.663 e. The average Bonchev–Trinajstić information content (AvgIpc) is 3.89. The second-order valence-electron chi connectivity index (χ2n) is 13.6. The van der Waals surface area contributed by atoms with Crippen molar-refractivity contribution in [3.05, 3.63) is 156 Å². The zero-order valence-corrected chi connectivity index (χ0v) is 28.2. The Hall–Kier alpha value is -5.10. The van der Waals surface area contributed by atoms with Crippen LogP contribution in [0.5, 0.6) is 0 Å². The molecule has 9 rings (SSSR count). The maximum Gasteiger partial charge on any atom is 2.00 e. The monoisotopic (exact) mass is 673 g/mol. The summed E-state index contributed by atoms with van der Waals surface area (Å²) in [5.41, 5.74) is 7.03. The molecule has 0 saturated carbocycles. The summed E-state index contributed by atoms with van der Waals surface area (Å²) in [7, 11) is 0. The van der Waals surface area contributed by atoms with E-state index in [0.717, 1.165) is 68.0 Å². The van der Waals surface area contributed by atoms with Crippen molar-refractivity contribution in [2.45, 2.75) is 44.9 Å². The van der Waals surface area contributed by atoms with E-state index in [2.05, 4.69) is 146 Å². The number of rotatable bonds is 2. The minimum atomic E-state index is -0.508. The van der Waals surface area contributed by atoms with Crippen LogP contribution in [0, 0.1) is 0 Å². The molecule has 1 aliphatic rings. The van der Waals surface area contributed by atoms with Crippen LogP contribution in [0.15, 0.2) is 122 Å². The van der Waals surface area contributed by atoms with E-state index in [0.29, 0.717) is 6.42 Å². The summed E-state index contributed by atoms with van der Waals surface area (Å²) in [6.45, 7) is 8.93. The minimum absolute atomic E-state index is 0. The fourth-order valence-corrected chi connectivity index (χ4v) is 7.27. The Morgan fingerprint density at radius 2 is 0.854 bits per heavy atom. The molecule has 239 valence electrons. The SMILES string of the molecule is CC1(C)c2cn(-c3ccccc3)c(n2)-c2nc(cn2-c2ccccc2)C(C)(C)c2[n-]c(c3ccccc23)Cc2[n-]c1c1ccccc21.[Cu+2]. The van der Waals surface area contributed by atoms with Crippen LogP contribution in [0.3, 0.4) is 0 Å². The average molecular weight is 674 g/mol. The molecule has 0 aliphatic carbocycles. The van der Waals surface area contributed by atoms with Gasteiger partial charge >= 0.3 is 17.1 Å². The molecular weight excluding hydrogens is 640 g/mol. The first-order chi connectivity index (χ1) is 22.8. The van der Waals surface area contributed by atoms with E-state index in [9.17, 15) is 0 Å². The summed E-state index contributed by atoms with van der Waals surface area (Å²) in [4.78, 5) is 21.8. The Kier molecular flexibility index (Phi) is 6.92. The molecule has 0 atom stereocenters. The van der Waals surface area contributed by atoms with Crippen LogP contribution in [0.2, 0.25) is 0 Å². The zero-order valence-electron chi connectivity index (χ0n) is 27.2. The largest absolute Gasteiger partial charge is 2.00 e. The smallest absolute Gasteiger partial charge is 0.663 e. The molecule has 1 aliphatic heterocycles. The van der Waals surface area contributed by atoms with Gasteiger partial charge in [0.2, 0.25) is 0 Å². The first-order valence-corrected chi connectivity index (χ1v) is 16.2. The molecule has 48 heavy (non-hydrogen) atoms. The molecule has 0 N–H and O–H groups in total. The molecule has 5 heterocycles. The van der Waals surface area contributed by atoms with Crippen molar-refractivity contribution in [1.29, 1.82) is 0 Å². The number of benzene rings is 4. The predicted octanol–water partition coefficient (Wildman–Crippen LogP) is 8.50. The van der Waals surface area contributed by atoms with Crippen LogP contribution in [0.25, 0.3) is 44.6 Å². The van der Waals surface area contributed by atoms with Gasteiger partial charge in [-0.2, -0.15) is 0 Å². The summed E-state index contributed by atoms with van der Waals surface area (Å²) in [5.74, 6) is 1.55. The Labute approximate surface area is 290 Å². The van der Waals surface area contributed by atoms with E-state index in [-0.39, 0.29) is 17.1 Å². The van der Waals surface area contributed by atoms with Crippen LogP contribution in [0.1, 0.15) is 61.9 Å². The van der Waals surface area contributed by atoms with Gasteiger partial charge in [0, 0.05) is 34.6 Å². The molecule has 8 aromatic rings. The summed E-state index contributed by atoms with van der Waals surface area (Å²) in [6, 6.07) is 38.0. The van der Waals surface area contributed by atoms with Crippen LogP contribution >= 0.6 is 0 Å². The molecular formula is C41H34CuN6. The molecule has 0 unspecified atom stereocenters. The third-order valence-corrected chi connectivity index (χ3v) is 9.96. The quantitative estimate of drug-likeness (QED) is 0.173. The van der Waals surface area contributed by atoms with Gasteiger partial charge in [-0.1, -0.05) is 113 Å². The normalized spacial score (nSPS) is 14.8. The molecule has 0 saturated heterocycles. The number of nitrogens with zero attached hydrogens (tertiary/aromatic N) is 6.